The Bertz CT molecular complexity index is 794. The Labute approximate surface area is 147 Å². The number of hydrogen-bond acceptors (Lipinski definition) is 3. The fourth-order valence-electron chi connectivity index (χ4n) is 2.14. The first-order valence-corrected chi connectivity index (χ1v) is 7.81. The summed E-state index contributed by atoms with van der Waals surface area (Å²) in [4.78, 5) is 14.1. The van der Waals surface area contributed by atoms with Gasteiger partial charge in [0.1, 0.15) is 11.6 Å². The van der Waals surface area contributed by atoms with Crippen LogP contribution >= 0.6 is 11.6 Å². The van der Waals surface area contributed by atoms with Crippen LogP contribution in [0.4, 0.5) is 5.69 Å². The normalized spacial score (nSPS) is 10.8. The van der Waals surface area contributed by atoms with Gasteiger partial charge in [-0.15, -0.1) is 0 Å². The minimum absolute atomic E-state index is 0.0325. The number of amides is 1. The zero-order valence-corrected chi connectivity index (χ0v) is 14.3. The average molecular weight is 340 g/mol. The molecule has 2 rings (SSSR count). The first-order valence-electron chi connectivity index (χ1n) is 7.43. The number of hydrogen-bond donors (Lipinski definition) is 1. The maximum absolute atomic E-state index is 12.3. The van der Waals surface area contributed by atoms with Crippen LogP contribution in [-0.4, -0.2) is 17.9 Å². The Morgan fingerprint density at radius 3 is 2.62 bits per heavy atom. The molecular formula is C19H18ClN3O. The van der Waals surface area contributed by atoms with Crippen molar-refractivity contribution in [1.29, 1.82) is 5.26 Å². The molecule has 122 valence electrons. The molecule has 5 heteroatoms. The molecule has 1 amide bonds. The quantitative estimate of drug-likeness (QED) is 0.658. The lowest BCUT2D eigenvalue weighted by Gasteiger charge is -2.15. The lowest BCUT2D eigenvalue weighted by Crippen LogP contribution is -2.18. The molecule has 0 saturated carbocycles. The van der Waals surface area contributed by atoms with Gasteiger partial charge in [-0.2, -0.15) is 5.26 Å². The zero-order valence-electron chi connectivity index (χ0n) is 13.6. The summed E-state index contributed by atoms with van der Waals surface area (Å²) in [6.07, 6.45) is 1.54. The van der Waals surface area contributed by atoms with Crippen molar-refractivity contribution in [3.8, 4) is 6.07 Å². The molecule has 0 spiro atoms. The van der Waals surface area contributed by atoms with Gasteiger partial charge >= 0.3 is 0 Å². The summed E-state index contributed by atoms with van der Waals surface area (Å²) < 4.78 is 0. The van der Waals surface area contributed by atoms with Crippen LogP contribution in [0, 0.1) is 18.3 Å². The molecule has 0 heterocycles. The van der Waals surface area contributed by atoms with Crippen LogP contribution in [0.2, 0.25) is 5.02 Å². The number of nitrogens with one attached hydrogen (secondary N) is 1. The van der Waals surface area contributed by atoms with Gasteiger partial charge in [-0.25, -0.2) is 0 Å². The van der Waals surface area contributed by atoms with Gasteiger partial charge in [0.2, 0.25) is 0 Å². The summed E-state index contributed by atoms with van der Waals surface area (Å²) in [6.45, 7) is 2.49. The van der Waals surface area contributed by atoms with Crippen molar-refractivity contribution < 1.29 is 4.79 Å². The number of rotatable bonds is 5. The number of nitriles is 1. The van der Waals surface area contributed by atoms with Gasteiger partial charge in [0.25, 0.3) is 5.91 Å². The summed E-state index contributed by atoms with van der Waals surface area (Å²) in [5.74, 6) is -0.461. The first-order chi connectivity index (χ1) is 11.5. The highest BCUT2D eigenvalue weighted by molar-refractivity contribution is 6.31. The molecule has 0 aliphatic carbocycles. The van der Waals surface area contributed by atoms with Gasteiger partial charge < -0.3 is 10.2 Å². The Kier molecular flexibility index (Phi) is 6.00. The molecule has 0 radical (unpaired) electrons. The predicted molar refractivity (Wildman–Crippen MR) is 96.4 cm³/mol. The SMILES string of the molecule is Cc1ccc(NC(=O)/C(C#N)=C\N(C)Cc2ccccc2)cc1Cl. The molecule has 2 aromatic carbocycles. The highest BCUT2D eigenvalue weighted by atomic mass is 35.5. The summed E-state index contributed by atoms with van der Waals surface area (Å²) in [5, 5.41) is 12.5. The highest BCUT2D eigenvalue weighted by Gasteiger charge is 2.11. The summed E-state index contributed by atoms with van der Waals surface area (Å²) >= 11 is 6.05. The molecular weight excluding hydrogens is 322 g/mol. The molecule has 0 saturated heterocycles. The van der Waals surface area contributed by atoms with E-state index in [-0.39, 0.29) is 5.57 Å². The minimum atomic E-state index is -0.461. The van der Waals surface area contributed by atoms with Crippen molar-refractivity contribution in [3.63, 3.8) is 0 Å². The van der Waals surface area contributed by atoms with Gasteiger partial charge in [0.15, 0.2) is 0 Å². The number of carbonyl (C=O) groups is 1. The van der Waals surface area contributed by atoms with E-state index in [2.05, 4.69) is 5.32 Å². The molecule has 0 fully saturated rings. The second-order valence-electron chi connectivity index (χ2n) is 5.47. The first kappa shape index (κ1) is 17.6. The average Bonchev–Trinajstić information content (AvgIpc) is 2.57. The van der Waals surface area contributed by atoms with E-state index in [9.17, 15) is 10.1 Å². The molecule has 2 aromatic rings. The zero-order chi connectivity index (χ0) is 17.5. The van der Waals surface area contributed by atoms with Gasteiger partial charge in [-0.1, -0.05) is 48.0 Å². The van der Waals surface area contributed by atoms with Crippen molar-refractivity contribution in [2.75, 3.05) is 12.4 Å². The van der Waals surface area contributed by atoms with E-state index in [1.165, 1.54) is 6.20 Å². The second-order valence-corrected chi connectivity index (χ2v) is 5.88. The van der Waals surface area contributed by atoms with Crippen LogP contribution in [-0.2, 0) is 11.3 Å². The fourth-order valence-corrected chi connectivity index (χ4v) is 2.33. The molecule has 0 aliphatic heterocycles. The molecule has 0 atom stereocenters. The van der Waals surface area contributed by atoms with Crippen LogP contribution in [0.3, 0.4) is 0 Å². The molecule has 1 N–H and O–H groups in total. The third-order valence-electron chi connectivity index (χ3n) is 3.42. The van der Waals surface area contributed by atoms with Gasteiger partial charge in [0, 0.05) is 30.5 Å². The summed E-state index contributed by atoms with van der Waals surface area (Å²) in [6, 6.07) is 17.0. The lowest BCUT2D eigenvalue weighted by atomic mass is 10.2. The van der Waals surface area contributed by atoms with E-state index in [4.69, 9.17) is 11.6 Å². The summed E-state index contributed by atoms with van der Waals surface area (Å²) in [7, 11) is 1.82. The lowest BCUT2D eigenvalue weighted by molar-refractivity contribution is -0.112. The molecule has 0 unspecified atom stereocenters. The Balaban J connectivity index is 2.07. The third kappa shape index (κ3) is 4.87. The second kappa shape index (κ2) is 8.19. The van der Waals surface area contributed by atoms with Crippen LogP contribution in [0.5, 0.6) is 0 Å². The standard InChI is InChI=1S/C19H18ClN3O/c1-14-8-9-17(10-18(14)20)22-19(24)16(11-21)13-23(2)12-15-6-4-3-5-7-15/h3-10,13H,12H2,1-2H3,(H,22,24)/b16-13-. The number of aryl methyl sites for hydroxylation is 1. The van der Waals surface area contributed by atoms with Crippen LogP contribution < -0.4 is 5.32 Å². The topological polar surface area (TPSA) is 56.1 Å². The van der Waals surface area contributed by atoms with Gasteiger partial charge in [-0.05, 0) is 30.2 Å². The van der Waals surface area contributed by atoms with Crippen LogP contribution in [0.25, 0.3) is 0 Å². The van der Waals surface area contributed by atoms with Crippen LogP contribution in [0.15, 0.2) is 60.3 Å². The monoisotopic (exact) mass is 339 g/mol. The van der Waals surface area contributed by atoms with E-state index in [1.54, 1.807) is 17.0 Å². The van der Waals surface area contributed by atoms with Gasteiger partial charge in [-0.3, -0.25) is 4.79 Å². The van der Waals surface area contributed by atoms with E-state index < -0.39 is 5.91 Å². The fraction of sp³-hybridized carbons (Fsp3) is 0.158. The molecule has 0 bridgehead atoms. The Hall–Kier alpha value is -2.77. The van der Waals surface area contributed by atoms with E-state index in [0.29, 0.717) is 17.3 Å². The maximum Gasteiger partial charge on any atom is 0.267 e. The molecule has 0 aliphatic rings. The largest absolute Gasteiger partial charge is 0.375 e. The van der Waals surface area contributed by atoms with E-state index in [1.807, 2.05) is 56.4 Å². The van der Waals surface area contributed by atoms with E-state index >= 15 is 0 Å². The molecule has 24 heavy (non-hydrogen) atoms. The number of nitrogens with zero attached hydrogens (tertiary/aromatic N) is 2. The molecule has 0 aromatic heterocycles. The van der Waals surface area contributed by atoms with Crippen molar-refractivity contribution in [2.45, 2.75) is 13.5 Å². The van der Waals surface area contributed by atoms with E-state index in [0.717, 1.165) is 11.1 Å². The molecule has 4 nitrogen and oxygen atoms in total. The smallest absolute Gasteiger partial charge is 0.267 e. The Morgan fingerprint density at radius 1 is 1.29 bits per heavy atom. The van der Waals surface area contributed by atoms with Crippen molar-refractivity contribution in [2.24, 2.45) is 0 Å². The van der Waals surface area contributed by atoms with Crippen molar-refractivity contribution in [3.05, 3.63) is 76.5 Å². The van der Waals surface area contributed by atoms with Crippen molar-refractivity contribution in [1.82, 2.24) is 4.90 Å². The number of halogens is 1. The highest BCUT2D eigenvalue weighted by Crippen LogP contribution is 2.20. The predicted octanol–water partition coefficient (Wildman–Crippen LogP) is 4.13. The van der Waals surface area contributed by atoms with Crippen LogP contribution in [0.1, 0.15) is 11.1 Å². The number of carbonyl (C=O) groups excluding carboxylic acids is 1. The maximum atomic E-state index is 12.3. The number of benzene rings is 2. The number of anilines is 1. The Morgan fingerprint density at radius 2 is 2.00 bits per heavy atom. The van der Waals surface area contributed by atoms with Crippen molar-refractivity contribution >= 4 is 23.2 Å². The minimum Gasteiger partial charge on any atom is -0.375 e. The van der Waals surface area contributed by atoms with Gasteiger partial charge in [0.05, 0.1) is 0 Å². The summed E-state index contributed by atoms with van der Waals surface area (Å²) in [5.41, 5.74) is 2.61. The third-order valence-corrected chi connectivity index (χ3v) is 3.83.